The third-order valence-corrected chi connectivity index (χ3v) is 4.61. The summed E-state index contributed by atoms with van der Waals surface area (Å²) in [5.74, 6) is 0.371. The molecule has 0 heterocycles. The van der Waals surface area contributed by atoms with Crippen LogP contribution >= 0.6 is 10.8 Å². The molecule has 0 fully saturated rings. The lowest BCUT2D eigenvalue weighted by atomic mass is 10.3. The quantitative estimate of drug-likeness (QED) is 0.793. The van der Waals surface area contributed by atoms with E-state index in [2.05, 4.69) is 0 Å². The Bertz CT molecular complexity index is 450. The van der Waals surface area contributed by atoms with Crippen LogP contribution in [-0.4, -0.2) is 21.0 Å². The number of hydrogen-bond acceptors (Lipinski definition) is 4. The molecule has 0 saturated carbocycles. The molecular formula is C8H7F3O3S2. The maximum Gasteiger partial charge on any atom is 0.456 e. The maximum atomic E-state index is 11.9. The molecule has 1 aromatic carbocycles. The molecule has 0 bridgehead atoms. The van der Waals surface area contributed by atoms with Crippen LogP contribution in [-0.2, 0) is 8.87 Å². The van der Waals surface area contributed by atoms with E-state index in [0.717, 1.165) is 12.1 Å². The molecule has 16 heavy (non-hydrogen) atoms. The number of alkyl halides is 3. The van der Waals surface area contributed by atoms with Crippen LogP contribution in [0.1, 0.15) is 0 Å². The van der Waals surface area contributed by atoms with Gasteiger partial charge in [0, 0.05) is 0 Å². The van der Waals surface area contributed by atoms with Crippen LogP contribution in [0.3, 0.4) is 0 Å². The fourth-order valence-corrected chi connectivity index (χ4v) is 3.10. The summed E-state index contributed by atoms with van der Waals surface area (Å²) < 4.78 is 63.1. The van der Waals surface area contributed by atoms with Crippen molar-refractivity contribution in [3.8, 4) is 5.75 Å². The standard InChI is InChI=1S/C8H7F3O3S2/c1-14-6-2-4-7(5-3-6)16(12,13)15-8(9,10)11/h2-5H,1H3. The first-order valence-corrected chi connectivity index (χ1v) is 6.73. The van der Waals surface area contributed by atoms with Crippen LogP contribution in [0.25, 0.3) is 0 Å². The van der Waals surface area contributed by atoms with E-state index >= 15 is 0 Å². The molecule has 0 atom stereocenters. The molecule has 8 heteroatoms. The summed E-state index contributed by atoms with van der Waals surface area (Å²) in [5.41, 5.74) is -4.82. The van der Waals surface area contributed by atoms with Crippen molar-refractivity contribution in [1.82, 2.24) is 0 Å². The Balaban J connectivity index is 2.99. The highest BCUT2D eigenvalue weighted by Crippen LogP contribution is 2.38. The molecule has 0 N–H and O–H groups in total. The van der Waals surface area contributed by atoms with Gasteiger partial charge in [-0.1, -0.05) is 0 Å². The van der Waals surface area contributed by atoms with Gasteiger partial charge >= 0.3 is 5.51 Å². The van der Waals surface area contributed by atoms with E-state index in [-0.39, 0.29) is 0 Å². The summed E-state index contributed by atoms with van der Waals surface area (Å²) in [6.07, 6.45) is 0. The molecule has 0 amide bonds. The average molecular weight is 272 g/mol. The van der Waals surface area contributed by atoms with Crippen LogP contribution in [0, 0.1) is 0 Å². The van der Waals surface area contributed by atoms with Gasteiger partial charge in [0.2, 0.25) is 8.87 Å². The van der Waals surface area contributed by atoms with Crippen molar-refractivity contribution in [1.29, 1.82) is 0 Å². The van der Waals surface area contributed by atoms with Crippen LogP contribution in [0.5, 0.6) is 5.75 Å². The first-order valence-electron chi connectivity index (χ1n) is 3.91. The largest absolute Gasteiger partial charge is 0.497 e. The summed E-state index contributed by atoms with van der Waals surface area (Å²) in [4.78, 5) is -0.407. The van der Waals surface area contributed by atoms with Crippen molar-refractivity contribution >= 4 is 19.7 Å². The number of halogens is 3. The van der Waals surface area contributed by atoms with Gasteiger partial charge in [-0.15, -0.1) is 0 Å². The van der Waals surface area contributed by atoms with Crippen LogP contribution < -0.4 is 4.74 Å². The van der Waals surface area contributed by atoms with Gasteiger partial charge in [0.1, 0.15) is 5.75 Å². The van der Waals surface area contributed by atoms with Crippen LogP contribution in [0.15, 0.2) is 29.2 Å². The van der Waals surface area contributed by atoms with Gasteiger partial charge in [-0.25, -0.2) is 8.42 Å². The highest BCUT2D eigenvalue weighted by Gasteiger charge is 2.37. The molecule has 3 nitrogen and oxygen atoms in total. The van der Waals surface area contributed by atoms with E-state index in [9.17, 15) is 21.6 Å². The Morgan fingerprint density at radius 2 is 1.69 bits per heavy atom. The van der Waals surface area contributed by atoms with Gasteiger partial charge in [-0.2, -0.15) is 13.2 Å². The first-order chi connectivity index (χ1) is 7.24. The number of benzene rings is 1. The van der Waals surface area contributed by atoms with Gasteiger partial charge in [0.25, 0.3) is 0 Å². The molecule has 0 saturated heterocycles. The molecule has 0 radical (unpaired) electrons. The van der Waals surface area contributed by atoms with Gasteiger partial charge in [0.15, 0.2) is 0 Å². The number of ether oxygens (including phenoxy) is 1. The van der Waals surface area contributed by atoms with Crippen molar-refractivity contribution in [3.63, 3.8) is 0 Å². The Morgan fingerprint density at radius 3 is 2.06 bits per heavy atom. The summed E-state index contributed by atoms with van der Waals surface area (Å²) in [7, 11) is -4.08. The second-order valence-corrected chi connectivity index (χ2v) is 6.48. The number of hydrogen-bond donors (Lipinski definition) is 0. The van der Waals surface area contributed by atoms with Gasteiger partial charge in [-0.05, 0) is 24.3 Å². The summed E-state index contributed by atoms with van der Waals surface area (Å²) in [6.45, 7) is 0. The Hall–Kier alpha value is -0.890. The number of methoxy groups -OCH3 is 1. The zero-order valence-corrected chi connectivity index (χ0v) is 9.62. The van der Waals surface area contributed by atoms with E-state index in [4.69, 9.17) is 4.74 Å². The topological polar surface area (TPSA) is 43.4 Å². The minimum atomic E-state index is -4.82. The van der Waals surface area contributed by atoms with E-state index in [0.29, 0.717) is 5.75 Å². The molecule has 0 aliphatic carbocycles. The first kappa shape index (κ1) is 13.2. The van der Waals surface area contributed by atoms with Crippen molar-refractivity contribution in [3.05, 3.63) is 24.3 Å². The Kier molecular flexibility index (Phi) is 3.74. The molecule has 90 valence electrons. The van der Waals surface area contributed by atoms with E-state index in [1.165, 1.54) is 19.2 Å². The molecular weight excluding hydrogens is 265 g/mol. The third-order valence-electron chi connectivity index (χ3n) is 1.55. The number of rotatable bonds is 3. The lowest BCUT2D eigenvalue weighted by Crippen LogP contribution is -2.07. The maximum absolute atomic E-state index is 11.9. The predicted octanol–water partition coefficient (Wildman–Crippen LogP) is 2.64. The smallest absolute Gasteiger partial charge is 0.456 e. The lowest BCUT2D eigenvalue weighted by molar-refractivity contribution is -0.0312. The minimum absolute atomic E-state index is 0.371. The van der Waals surface area contributed by atoms with E-state index in [1.807, 2.05) is 0 Å². The molecule has 1 rings (SSSR count). The summed E-state index contributed by atoms with van der Waals surface area (Å²) in [6, 6.07) is 4.69. The van der Waals surface area contributed by atoms with Crippen molar-refractivity contribution in [2.75, 3.05) is 7.11 Å². The van der Waals surface area contributed by atoms with E-state index < -0.39 is 30.1 Å². The SMILES string of the molecule is COc1ccc(S(=O)(=O)SC(F)(F)F)cc1. The molecule has 0 unspecified atom stereocenters. The zero-order valence-electron chi connectivity index (χ0n) is 7.98. The molecule has 0 spiro atoms. The van der Waals surface area contributed by atoms with Crippen LogP contribution in [0.2, 0.25) is 0 Å². The predicted molar refractivity (Wildman–Crippen MR) is 53.8 cm³/mol. The fraction of sp³-hybridized carbons (Fsp3) is 0.250. The van der Waals surface area contributed by atoms with Gasteiger partial charge in [0.05, 0.1) is 22.8 Å². The second-order valence-electron chi connectivity index (χ2n) is 2.66. The Labute approximate surface area is 93.9 Å². The van der Waals surface area contributed by atoms with Gasteiger partial charge < -0.3 is 4.74 Å². The third kappa shape index (κ3) is 3.60. The van der Waals surface area contributed by atoms with Crippen molar-refractivity contribution in [2.24, 2.45) is 0 Å². The monoisotopic (exact) mass is 272 g/mol. The normalized spacial score (nSPS) is 12.5. The van der Waals surface area contributed by atoms with Crippen molar-refractivity contribution in [2.45, 2.75) is 10.4 Å². The van der Waals surface area contributed by atoms with Crippen LogP contribution in [0.4, 0.5) is 13.2 Å². The summed E-state index contributed by atoms with van der Waals surface area (Å²) in [5, 5.41) is 0. The van der Waals surface area contributed by atoms with Crippen molar-refractivity contribution < 1.29 is 26.3 Å². The molecule has 0 aliphatic heterocycles. The summed E-state index contributed by atoms with van der Waals surface area (Å²) >= 11 is 0. The lowest BCUT2D eigenvalue weighted by Gasteiger charge is -2.07. The molecule has 1 aromatic rings. The average Bonchev–Trinajstić information content (AvgIpc) is 2.14. The highest BCUT2D eigenvalue weighted by atomic mass is 33.1. The molecule has 0 aromatic heterocycles. The highest BCUT2D eigenvalue weighted by molar-refractivity contribution is 8.72. The van der Waals surface area contributed by atoms with E-state index in [1.54, 1.807) is 0 Å². The molecule has 0 aliphatic rings. The Morgan fingerprint density at radius 1 is 1.19 bits per heavy atom. The van der Waals surface area contributed by atoms with Gasteiger partial charge in [-0.3, -0.25) is 0 Å². The fourth-order valence-electron chi connectivity index (χ4n) is 0.915. The minimum Gasteiger partial charge on any atom is -0.497 e. The second kappa shape index (κ2) is 4.54. The zero-order chi connectivity index (χ0) is 12.4.